The van der Waals surface area contributed by atoms with Crippen LogP contribution in [0.5, 0.6) is 11.5 Å². The van der Waals surface area contributed by atoms with E-state index in [0.717, 1.165) is 18.4 Å². The zero-order valence-corrected chi connectivity index (χ0v) is 27.6. The predicted molar refractivity (Wildman–Crippen MR) is 169 cm³/mol. The van der Waals surface area contributed by atoms with Crippen molar-refractivity contribution in [3.05, 3.63) is 23.8 Å². The third-order valence-electron chi connectivity index (χ3n) is 7.95. The van der Waals surface area contributed by atoms with Crippen molar-refractivity contribution in [3.8, 4) is 11.5 Å². The van der Waals surface area contributed by atoms with E-state index < -0.39 is 12.1 Å². The number of amides is 2. The molecular weight excluding hydrogens is 534 g/mol. The van der Waals surface area contributed by atoms with Gasteiger partial charge >= 0.3 is 0 Å². The first kappa shape index (κ1) is 37.7. The Kier molecular flexibility index (Phi) is 17.1. The lowest BCUT2D eigenvalue weighted by Crippen LogP contribution is -2.46. The number of ether oxygens (including phenoxy) is 3. The van der Waals surface area contributed by atoms with Gasteiger partial charge in [-0.2, -0.15) is 0 Å². The van der Waals surface area contributed by atoms with E-state index in [1.807, 2.05) is 52.8 Å². The molecule has 0 bridgehead atoms. The highest BCUT2D eigenvalue weighted by atomic mass is 16.5. The van der Waals surface area contributed by atoms with Gasteiger partial charge in [-0.3, -0.25) is 9.59 Å². The van der Waals surface area contributed by atoms with E-state index in [-0.39, 0.29) is 35.0 Å². The molecule has 0 spiro atoms. The van der Waals surface area contributed by atoms with Crippen LogP contribution in [0.3, 0.4) is 0 Å². The Balaban J connectivity index is 2.82. The second-order valence-corrected chi connectivity index (χ2v) is 13.0. The Morgan fingerprint density at radius 3 is 2.21 bits per heavy atom. The number of hydrogen-bond acceptors (Lipinski definition) is 7. The maximum Gasteiger partial charge on any atom is 0.223 e. The van der Waals surface area contributed by atoms with E-state index in [9.17, 15) is 14.7 Å². The Hall–Kier alpha value is -2.36. The van der Waals surface area contributed by atoms with Crippen LogP contribution in [0, 0.1) is 29.1 Å². The molecule has 0 fully saturated rings. The second kappa shape index (κ2) is 19.0. The van der Waals surface area contributed by atoms with E-state index in [2.05, 4.69) is 24.5 Å². The molecule has 242 valence electrons. The lowest BCUT2D eigenvalue weighted by molar-refractivity contribution is -0.128. The molecule has 0 unspecified atom stereocenters. The smallest absolute Gasteiger partial charge is 0.223 e. The van der Waals surface area contributed by atoms with E-state index in [4.69, 9.17) is 19.9 Å². The Labute approximate surface area is 254 Å². The molecule has 1 aromatic rings. The first-order chi connectivity index (χ1) is 19.7. The second-order valence-electron chi connectivity index (χ2n) is 13.0. The fourth-order valence-corrected chi connectivity index (χ4v) is 4.85. The average molecular weight is 594 g/mol. The van der Waals surface area contributed by atoms with E-state index in [0.29, 0.717) is 63.0 Å². The minimum atomic E-state index is -0.809. The molecule has 2 amide bonds. The van der Waals surface area contributed by atoms with Gasteiger partial charge in [0.2, 0.25) is 11.8 Å². The van der Waals surface area contributed by atoms with Crippen LogP contribution in [0.4, 0.5) is 0 Å². The third-order valence-corrected chi connectivity index (χ3v) is 7.95. The molecule has 0 radical (unpaired) electrons. The monoisotopic (exact) mass is 593 g/mol. The van der Waals surface area contributed by atoms with Crippen molar-refractivity contribution in [1.29, 1.82) is 0 Å². The highest BCUT2D eigenvalue weighted by Gasteiger charge is 2.31. The number of nitrogens with one attached hydrogen (secondary N) is 2. The molecule has 9 nitrogen and oxygen atoms in total. The van der Waals surface area contributed by atoms with Crippen LogP contribution in [0.15, 0.2) is 18.2 Å². The quantitative estimate of drug-likeness (QED) is 0.156. The molecule has 9 heteroatoms. The van der Waals surface area contributed by atoms with Crippen LogP contribution in [0.1, 0.15) is 79.7 Å². The molecule has 1 aromatic carbocycles. The van der Waals surface area contributed by atoms with E-state index >= 15 is 0 Å². The summed E-state index contributed by atoms with van der Waals surface area (Å²) in [5.41, 5.74) is 7.40. The summed E-state index contributed by atoms with van der Waals surface area (Å²) in [5, 5.41) is 17.1. The normalized spacial score (nSPS) is 14.8. The zero-order chi connectivity index (χ0) is 31.9. The van der Waals surface area contributed by atoms with Crippen LogP contribution in [0.2, 0.25) is 0 Å². The highest BCUT2D eigenvalue weighted by molar-refractivity contribution is 5.79. The first-order valence-corrected chi connectivity index (χ1v) is 15.5. The molecule has 0 aliphatic carbocycles. The number of methoxy groups -OCH3 is 2. The molecule has 0 aliphatic heterocycles. The summed E-state index contributed by atoms with van der Waals surface area (Å²) < 4.78 is 16.6. The zero-order valence-electron chi connectivity index (χ0n) is 27.6. The van der Waals surface area contributed by atoms with Crippen LogP contribution >= 0.6 is 0 Å². The molecule has 4 atom stereocenters. The van der Waals surface area contributed by atoms with Gasteiger partial charge in [0.1, 0.15) is 0 Å². The Morgan fingerprint density at radius 2 is 1.64 bits per heavy atom. The molecular formula is C33H59N3O6. The number of nitrogens with two attached hydrogens (primary N) is 1. The molecule has 1 rings (SSSR count). The van der Waals surface area contributed by atoms with Crippen molar-refractivity contribution >= 4 is 11.8 Å². The topological polar surface area (TPSA) is 132 Å². The first-order valence-electron chi connectivity index (χ1n) is 15.5. The highest BCUT2D eigenvalue weighted by Crippen LogP contribution is 2.32. The van der Waals surface area contributed by atoms with Gasteiger partial charge < -0.3 is 35.7 Å². The number of aliphatic hydroxyl groups is 1. The Morgan fingerprint density at radius 1 is 0.976 bits per heavy atom. The van der Waals surface area contributed by atoms with Gasteiger partial charge in [0, 0.05) is 51.6 Å². The standard InChI is InChI=1S/C33H59N3O6/c1-10-31(38)35-20-33(6,7)21-36-32(39)26(23(4)5)19-28(37)27(34)18-25(22(2)3)16-24-12-13-29(41-9)30(17-24)42-15-11-14-40-8/h12-13,17,22-23,25-28,37H,10-11,14-16,18-21,34H2,1-9H3,(H,35,38)(H,36,39)/t25-,26-,27-,28-/m0/s1. The largest absolute Gasteiger partial charge is 0.493 e. The fourth-order valence-electron chi connectivity index (χ4n) is 4.85. The molecule has 0 heterocycles. The summed E-state index contributed by atoms with van der Waals surface area (Å²) in [6.45, 7) is 16.2. The third kappa shape index (κ3) is 13.7. The van der Waals surface area contributed by atoms with Crippen molar-refractivity contribution in [2.75, 3.05) is 40.5 Å². The Bertz CT molecular complexity index is 936. The van der Waals surface area contributed by atoms with Gasteiger partial charge in [-0.05, 0) is 60.1 Å². The van der Waals surface area contributed by atoms with Crippen molar-refractivity contribution in [2.45, 2.75) is 92.7 Å². The summed E-state index contributed by atoms with van der Waals surface area (Å²) in [6, 6.07) is 5.54. The van der Waals surface area contributed by atoms with Gasteiger partial charge in [-0.25, -0.2) is 0 Å². The predicted octanol–water partition coefficient (Wildman–Crippen LogP) is 4.33. The molecule has 0 aromatic heterocycles. The SMILES string of the molecule is CCC(=O)NCC(C)(C)CNC(=O)[C@@H](C[C@H](O)[C@@H](N)C[C@H](Cc1ccc(OC)c(OCCCOC)c1)C(C)C)C(C)C. The van der Waals surface area contributed by atoms with Crippen LogP contribution < -0.4 is 25.8 Å². The van der Waals surface area contributed by atoms with Gasteiger partial charge in [0.25, 0.3) is 0 Å². The minimum Gasteiger partial charge on any atom is -0.493 e. The summed E-state index contributed by atoms with van der Waals surface area (Å²) in [4.78, 5) is 24.8. The van der Waals surface area contributed by atoms with Crippen LogP contribution in [-0.2, 0) is 20.7 Å². The van der Waals surface area contributed by atoms with Gasteiger partial charge in [-0.1, -0.05) is 54.5 Å². The number of rotatable bonds is 21. The van der Waals surface area contributed by atoms with Crippen LogP contribution in [-0.4, -0.2) is 69.6 Å². The number of hydrogen-bond donors (Lipinski definition) is 4. The molecule has 0 saturated carbocycles. The molecule has 0 aliphatic rings. The summed E-state index contributed by atoms with van der Waals surface area (Å²) >= 11 is 0. The lowest BCUT2D eigenvalue weighted by atomic mass is 9.80. The summed E-state index contributed by atoms with van der Waals surface area (Å²) in [6.07, 6.45) is 2.12. The van der Waals surface area contributed by atoms with Crippen molar-refractivity contribution in [1.82, 2.24) is 10.6 Å². The number of carbonyl (C=O) groups is 2. The molecule has 42 heavy (non-hydrogen) atoms. The van der Waals surface area contributed by atoms with Crippen LogP contribution in [0.25, 0.3) is 0 Å². The number of aliphatic hydroxyl groups excluding tert-OH is 1. The summed E-state index contributed by atoms with van der Waals surface area (Å²) in [7, 11) is 3.31. The van der Waals surface area contributed by atoms with Crippen molar-refractivity contribution in [3.63, 3.8) is 0 Å². The van der Waals surface area contributed by atoms with E-state index in [1.165, 1.54) is 0 Å². The fraction of sp³-hybridized carbons (Fsp3) is 0.758. The van der Waals surface area contributed by atoms with Crippen molar-refractivity contribution in [2.24, 2.45) is 34.8 Å². The average Bonchev–Trinajstić information content (AvgIpc) is 2.94. The molecule has 0 saturated heterocycles. The molecule has 5 N–H and O–H groups in total. The maximum absolute atomic E-state index is 13.2. The summed E-state index contributed by atoms with van der Waals surface area (Å²) in [5.74, 6) is 1.54. The minimum absolute atomic E-state index is 0.00928. The lowest BCUT2D eigenvalue weighted by Gasteiger charge is -2.31. The van der Waals surface area contributed by atoms with Crippen molar-refractivity contribution < 1.29 is 28.9 Å². The maximum atomic E-state index is 13.2. The van der Waals surface area contributed by atoms with Gasteiger partial charge in [-0.15, -0.1) is 0 Å². The van der Waals surface area contributed by atoms with Gasteiger partial charge in [0.15, 0.2) is 11.5 Å². The van der Waals surface area contributed by atoms with Gasteiger partial charge in [0.05, 0.1) is 19.8 Å². The van der Waals surface area contributed by atoms with E-state index in [1.54, 1.807) is 14.2 Å². The number of benzene rings is 1. The number of carbonyl (C=O) groups excluding carboxylic acids is 2.